The third-order valence-corrected chi connectivity index (χ3v) is 6.51. The highest BCUT2D eigenvalue weighted by Crippen LogP contribution is 2.31. The molecule has 0 saturated carbocycles. The number of para-hydroxylation sites is 1. The van der Waals surface area contributed by atoms with E-state index in [-0.39, 0.29) is 18.2 Å². The van der Waals surface area contributed by atoms with Gasteiger partial charge in [0.25, 0.3) is 0 Å². The standard InChI is InChI=1S/C27H27N3O4S/c1-3-34-23-11-7-10-21(16-23)28-26(32)24-17-25(31)30(18-19-12-14-22(33-2)15-13-19)27(35-24)29-20-8-5-4-6-9-20/h4-16,24H,3,17-18H2,1-2H3,(H,28,32). The minimum atomic E-state index is -0.604. The second-order valence-electron chi connectivity index (χ2n) is 7.82. The van der Waals surface area contributed by atoms with Crippen LogP contribution in [0.5, 0.6) is 11.5 Å². The topological polar surface area (TPSA) is 80.2 Å². The lowest BCUT2D eigenvalue weighted by molar-refractivity contribution is -0.129. The van der Waals surface area contributed by atoms with Crippen molar-refractivity contribution in [3.63, 3.8) is 0 Å². The van der Waals surface area contributed by atoms with Gasteiger partial charge in [-0.25, -0.2) is 4.99 Å². The van der Waals surface area contributed by atoms with Crippen LogP contribution in [-0.2, 0) is 16.1 Å². The van der Waals surface area contributed by atoms with Crippen LogP contribution < -0.4 is 14.8 Å². The quantitative estimate of drug-likeness (QED) is 0.467. The monoisotopic (exact) mass is 489 g/mol. The molecule has 7 nitrogen and oxygen atoms in total. The van der Waals surface area contributed by atoms with Gasteiger partial charge in [-0.15, -0.1) is 0 Å². The summed E-state index contributed by atoms with van der Waals surface area (Å²) in [5, 5.41) is 2.80. The zero-order valence-electron chi connectivity index (χ0n) is 19.6. The zero-order chi connectivity index (χ0) is 24.6. The molecule has 3 aromatic rings. The van der Waals surface area contributed by atoms with E-state index in [4.69, 9.17) is 14.5 Å². The molecule has 1 saturated heterocycles. The minimum absolute atomic E-state index is 0.0750. The van der Waals surface area contributed by atoms with Crippen molar-refractivity contribution in [2.24, 2.45) is 4.99 Å². The average molecular weight is 490 g/mol. The lowest BCUT2D eigenvalue weighted by Gasteiger charge is -2.32. The summed E-state index contributed by atoms with van der Waals surface area (Å²) in [6.07, 6.45) is 0.0750. The molecule has 2 amide bonds. The summed E-state index contributed by atoms with van der Waals surface area (Å²) in [5.74, 6) is 1.02. The lowest BCUT2D eigenvalue weighted by Crippen LogP contribution is -2.44. The van der Waals surface area contributed by atoms with Gasteiger partial charge in [-0.2, -0.15) is 0 Å². The molecule has 1 aliphatic heterocycles. The minimum Gasteiger partial charge on any atom is -0.497 e. The summed E-state index contributed by atoms with van der Waals surface area (Å²) >= 11 is 1.29. The van der Waals surface area contributed by atoms with Gasteiger partial charge < -0.3 is 14.8 Å². The van der Waals surface area contributed by atoms with Crippen LogP contribution in [0.3, 0.4) is 0 Å². The number of nitrogens with one attached hydrogen (secondary N) is 1. The van der Waals surface area contributed by atoms with Gasteiger partial charge in [0.05, 0.1) is 25.9 Å². The molecule has 4 rings (SSSR count). The van der Waals surface area contributed by atoms with Crippen molar-refractivity contribution < 1.29 is 19.1 Å². The van der Waals surface area contributed by atoms with Gasteiger partial charge in [0.1, 0.15) is 16.7 Å². The van der Waals surface area contributed by atoms with Crippen molar-refractivity contribution in [3.05, 3.63) is 84.4 Å². The Labute approximate surface area is 209 Å². The highest BCUT2D eigenvalue weighted by atomic mass is 32.2. The molecule has 0 radical (unpaired) electrons. The molecule has 3 aromatic carbocycles. The number of rotatable bonds is 8. The SMILES string of the molecule is CCOc1cccc(NC(=O)C2CC(=O)N(Cc3ccc(OC)cc3)C(=Nc3ccccc3)S2)c1. The lowest BCUT2D eigenvalue weighted by atomic mass is 10.2. The van der Waals surface area contributed by atoms with E-state index in [0.29, 0.717) is 35.4 Å². The number of thioether (sulfide) groups is 1. The number of ether oxygens (including phenoxy) is 2. The molecule has 0 spiro atoms. The van der Waals surface area contributed by atoms with Gasteiger partial charge in [0, 0.05) is 18.2 Å². The number of carbonyl (C=O) groups excluding carboxylic acids is 2. The first kappa shape index (κ1) is 24.3. The number of hydrogen-bond acceptors (Lipinski definition) is 6. The molecule has 0 aliphatic carbocycles. The second-order valence-corrected chi connectivity index (χ2v) is 8.99. The molecule has 1 unspecified atom stereocenters. The van der Waals surface area contributed by atoms with Gasteiger partial charge in [-0.3, -0.25) is 14.5 Å². The Hall–Kier alpha value is -3.78. The normalized spacial score (nSPS) is 16.7. The van der Waals surface area contributed by atoms with E-state index < -0.39 is 5.25 Å². The van der Waals surface area contributed by atoms with Crippen LogP contribution in [-0.4, -0.2) is 40.8 Å². The van der Waals surface area contributed by atoms with Crippen molar-refractivity contribution in [1.82, 2.24) is 4.90 Å². The molecule has 0 aromatic heterocycles. The Morgan fingerprint density at radius 1 is 1.06 bits per heavy atom. The molecule has 1 N–H and O–H groups in total. The predicted octanol–water partition coefficient (Wildman–Crippen LogP) is 5.25. The summed E-state index contributed by atoms with van der Waals surface area (Å²) in [4.78, 5) is 32.7. The Morgan fingerprint density at radius 2 is 1.83 bits per heavy atom. The largest absolute Gasteiger partial charge is 0.497 e. The fraction of sp³-hybridized carbons (Fsp3) is 0.222. The number of hydrogen-bond donors (Lipinski definition) is 1. The van der Waals surface area contributed by atoms with Crippen LogP contribution in [0.25, 0.3) is 0 Å². The molecule has 180 valence electrons. The molecule has 0 bridgehead atoms. The molecule has 1 atom stereocenters. The van der Waals surface area contributed by atoms with Crippen molar-refractivity contribution in [2.75, 3.05) is 19.0 Å². The first-order chi connectivity index (χ1) is 17.1. The smallest absolute Gasteiger partial charge is 0.238 e. The van der Waals surface area contributed by atoms with Gasteiger partial charge in [0.2, 0.25) is 11.8 Å². The Bertz CT molecular complexity index is 1200. The molecule has 1 aliphatic rings. The molecular weight excluding hydrogens is 462 g/mol. The van der Waals surface area contributed by atoms with E-state index in [9.17, 15) is 9.59 Å². The highest BCUT2D eigenvalue weighted by Gasteiger charge is 2.36. The number of amidine groups is 1. The van der Waals surface area contributed by atoms with E-state index >= 15 is 0 Å². The summed E-state index contributed by atoms with van der Waals surface area (Å²) in [6.45, 7) is 2.79. The van der Waals surface area contributed by atoms with Gasteiger partial charge >= 0.3 is 0 Å². The van der Waals surface area contributed by atoms with Crippen LogP contribution in [0.2, 0.25) is 0 Å². The number of methoxy groups -OCH3 is 1. The first-order valence-electron chi connectivity index (χ1n) is 11.3. The molecule has 1 heterocycles. The van der Waals surface area contributed by atoms with Crippen LogP contribution in [0.1, 0.15) is 18.9 Å². The van der Waals surface area contributed by atoms with Crippen molar-refractivity contribution in [3.8, 4) is 11.5 Å². The molecule has 8 heteroatoms. The third kappa shape index (κ3) is 6.42. The van der Waals surface area contributed by atoms with Crippen LogP contribution in [0, 0.1) is 0 Å². The van der Waals surface area contributed by atoms with E-state index in [2.05, 4.69) is 5.32 Å². The van der Waals surface area contributed by atoms with Gasteiger partial charge in [0.15, 0.2) is 5.17 Å². The number of carbonyl (C=O) groups is 2. The van der Waals surface area contributed by atoms with Crippen molar-refractivity contribution in [2.45, 2.75) is 25.1 Å². The maximum absolute atomic E-state index is 13.2. The van der Waals surface area contributed by atoms with Crippen molar-refractivity contribution >= 4 is 40.1 Å². The number of anilines is 1. The first-order valence-corrected chi connectivity index (χ1v) is 12.2. The summed E-state index contributed by atoms with van der Waals surface area (Å²) in [6, 6.07) is 24.2. The van der Waals surface area contributed by atoms with Crippen LogP contribution in [0.4, 0.5) is 11.4 Å². The van der Waals surface area contributed by atoms with Gasteiger partial charge in [-0.05, 0) is 48.9 Å². The number of amides is 2. The average Bonchev–Trinajstić information content (AvgIpc) is 2.87. The Kier molecular flexibility index (Phi) is 8.05. The molecular formula is C27H27N3O4S. The number of nitrogens with zero attached hydrogens (tertiary/aromatic N) is 2. The highest BCUT2D eigenvalue weighted by molar-refractivity contribution is 8.15. The van der Waals surface area contributed by atoms with E-state index in [0.717, 1.165) is 11.3 Å². The van der Waals surface area contributed by atoms with E-state index in [1.54, 1.807) is 24.1 Å². The third-order valence-electron chi connectivity index (χ3n) is 5.33. The summed E-state index contributed by atoms with van der Waals surface area (Å²) in [7, 11) is 1.61. The molecule has 35 heavy (non-hydrogen) atoms. The van der Waals surface area contributed by atoms with E-state index in [1.807, 2.05) is 73.7 Å². The fourth-order valence-corrected chi connectivity index (χ4v) is 4.67. The van der Waals surface area contributed by atoms with Gasteiger partial charge in [-0.1, -0.05) is 48.2 Å². The predicted molar refractivity (Wildman–Crippen MR) is 139 cm³/mol. The number of aliphatic imine (C=N–C) groups is 1. The number of benzene rings is 3. The van der Waals surface area contributed by atoms with Crippen molar-refractivity contribution in [1.29, 1.82) is 0 Å². The summed E-state index contributed by atoms with van der Waals surface area (Å²) in [5.41, 5.74) is 2.28. The second kappa shape index (κ2) is 11.6. The fourth-order valence-electron chi connectivity index (χ4n) is 3.58. The Balaban J connectivity index is 1.55. The summed E-state index contributed by atoms with van der Waals surface area (Å²) < 4.78 is 10.7. The van der Waals surface area contributed by atoms with Crippen LogP contribution >= 0.6 is 11.8 Å². The maximum atomic E-state index is 13.2. The van der Waals surface area contributed by atoms with Crippen LogP contribution in [0.15, 0.2) is 83.9 Å². The molecule has 1 fully saturated rings. The van der Waals surface area contributed by atoms with E-state index in [1.165, 1.54) is 11.8 Å². The zero-order valence-corrected chi connectivity index (χ0v) is 20.5. The maximum Gasteiger partial charge on any atom is 0.238 e. The Morgan fingerprint density at radius 3 is 2.54 bits per heavy atom.